The number of pyridine rings is 1. The van der Waals surface area contributed by atoms with Crippen LogP contribution in [0.1, 0.15) is 25.3 Å². The third-order valence-electron chi connectivity index (χ3n) is 1.95. The molecule has 1 unspecified atom stereocenters. The van der Waals surface area contributed by atoms with E-state index >= 15 is 0 Å². The number of aryl methyl sites for hydroxylation is 1. The number of rotatable bonds is 4. The van der Waals surface area contributed by atoms with E-state index in [1.807, 2.05) is 6.20 Å². The fourth-order valence-electron chi connectivity index (χ4n) is 1.12. The van der Waals surface area contributed by atoms with Gasteiger partial charge in [-0.25, -0.2) is 0 Å². The van der Waals surface area contributed by atoms with E-state index < -0.39 is 0 Å². The molecule has 0 spiro atoms. The van der Waals surface area contributed by atoms with Crippen molar-refractivity contribution in [1.29, 1.82) is 0 Å². The molecule has 1 aromatic heterocycles. The van der Waals surface area contributed by atoms with Gasteiger partial charge in [0.15, 0.2) is 0 Å². The molecule has 0 aliphatic carbocycles. The number of hydrogen-bond acceptors (Lipinski definition) is 1. The molecule has 0 N–H and O–H groups in total. The van der Waals surface area contributed by atoms with Crippen LogP contribution in [0.2, 0.25) is 0 Å². The summed E-state index contributed by atoms with van der Waals surface area (Å²) in [6.07, 6.45) is 6.75. The average molecular weight is 263 g/mol. The average Bonchev–Trinajstić information content (AvgIpc) is 2.14. The zero-order valence-corrected chi connectivity index (χ0v) is 9.98. The van der Waals surface area contributed by atoms with Gasteiger partial charge >= 0.3 is 0 Å². The molecular weight excluding hydrogens is 249 g/mol. The molecule has 0 fully saturated rings. The second-order valence-corrected chi connectivity index (χ2v) is 4.59. The first-order valence-electron chi connectivity index (χ1n) is 4.46. The molecule has 0 radical (unpaired) electrons. The molecule has 1 atom stereocenters. The summed E-state index contributed by atoms with van der Waals surface area (Å²) in [6, 6.07) is 2.09. The van der Waals surface area contributed by atoms with Crippen LogP contribution in [-0.2, 0) is 6.42 Å². The Morgan fingerprint density at radius 3 is 2.92 bits per heavy atom. The van der Waals surface area contributed by atoms with E-state index in [0.717, 1.165) is 23.7 Å². The fourth-order valence-corrected chi connectivity index (χ4v) is 1.64. The number of alkyl halides is 1. The fraction of sp³-hybridized carbons (Fsp3) is 0.500. The zero-order chi connectivity index (χ0) is 9.68. The Morgan fingerprint density at radius 1 is 1.54 bits per heavy atom. The van der Waals surface area contributed by atoms with Crippen LogP contribution >= 0.6 is 27.5 Å². The summed E-state index contributed by atoms with van der Waals surface area (Å²) in [5, 5.41) is 0.291. The molecule has 13 heavy (non-hydrogen) atoms. The van der Waals surface area contributed by atoms with Gasteiger partial charge in [0.2, 0.25) is 0 Å². The normalized spacial score (nSPS) is 12.8. The molecular formula is C10H13BrClN. The minimum absolute atomic E-state index is 0.291. The van der Waals surface area contributed by atoms with Gasteiger partial charge in [0.1, 0.15) is 0 Å². The van der Waals surface area contributed by atoms with Gasteiger partial charge in [0.25, 0.3) is 0 Å². The van der Waals surface area contributed by atoms with Crippen molar-refractivity contribution >= 4 is 27.5 Å². The minimum atomic E-state index is 0.291. The van der Waals surface area contributed by atoms with Crippen LogP contribution in [0.15, 0.2) is 22.9 Å². The molecule has 1 rings (SSSR count). The van der Waals surface area contributed by atoms with E-state index in [2.05, 4.69) is 33.9 Å². The highest BCUT2D eigenvalue weighted by Gasteiger charge is 2.02. The Balaban J connectivity index is 2.45. The SMILES string of the molecule is CCC(Cl)CCc1cncc(Br)c1. The highest BCUT2D eigenvalue weighted by atomic mass is 79.9. The molecule has 1 aromatic rings. The van der Waals surface area contributed by atoms with E-state index in [1.165, 1.54) is 5.56 Å². The molecule has 0 aromatic carbocycles. The van der Waals surface area contributed by atoms with Crippen molar-refractivity contribution in [3.05, 3.63) is 28.5 Å². The lowest BCUT2D eigenvalue weighted by Gasteiger charge is -2.05. The standard InChI is InChI=1S/C10H13BrClN/c1-2-10(12)4-3-8-5-9(11)7-13-6-8/h5-7,10H,2-4H2,1H3. The molecule has 0 aliphatic heterocycles. The molecule has 72 valence electrons. The monoisotopic (exact) mass is 261 g/mol. The summed E-state index contributed by atoms with van der Waals surface area (Å²) in [7, 11) is 0. The van der Waals surface area contributed by atoms with Gasteiger partial charge in [-0.2, -0.15) is 0 Å². The van der Waals surface area contributed by atoms with E-state index in [9.17, 15) is 0 Å². The quantitative estimate of drug-likeness (QED) is 0.752. The van der Waals surface area contributed by atoms with Crippen molar-refractivity contribution in [2.75, 3.05) is 0 Å². The van der Waals surface area contributed by atoms with Crippen LogP contribution in [0.4, 0.5) is 0 Å². The van der Waals surface area contributed by atoms with Crippen molar-refractivity contribution in [3.8, 4) is 0 Å². The maximum atomic E-state index is 6.02. The molecule has 1 heterocycles. The van der Waals surface area contributed by atoms with Gasteiger partial charge in [-0.3, -0.25) is 4.98 Å². The number of aromatic nitrogens is 1. The predicted molar refractivity (Wildman–Crippen MR) is 60.2 cm³/mol. The smallest absolute Gasteiger partial charge is 0.0410 e. The van der Waals surface area contributed by atoms with Crippen LogP contribution in [0.3, 0.4) is 0 Å². The topological polar surface area (TPSA) is 12.9 Å². The molecule has 0 saturated carbocycles. The lowest BCUT2D eigenvalue weighted by molar-refractivity contribution is 0.725. The lowest BCUT2D eigenvalue weighted by Crippen LogP contribution is -1.98. The molecule has 0 aliphatic rings. The van der Waals surface area contributed by atoms with E-state index in [-0.39, 0.29) is 0 Å². The molecule has 3 heteroatoms. The molecule has 0 amide bonds. The Hall–Kier alpha value is -0.0800. The van der Waals surface area contributed by atoms with Gasteiger partial charge in [0.05, 0.1) is 0 Å². The first-order valence-corrected chi connectivity index (χ1v) is 5.68. The third kappa shape index (κ3) is 4.10. The van der Waals surface area contributed by atoms with Gasteiger partial charge in [-0.1, -0.05) is 6.92 Å². The van der Waals surface area contributed by atoms with E-state index in [0.29, 0.717) is 5.38 Å². The molecule has 0 bridgehead atoms. The summed E-state index contributed by atoms with van der Waals surface area (Å²) < 4.78 is 1.03. The van der Waals surface area contributed by atoms with Crippen molar-refractivity contribution < 1.29 is 0 Å². The third-order valence-corrected chi connectivity index (χ3v) is 2.91. The lowest BCUT2D eigenvalue weighted by atomic mass is 10.1. The predicted octanol–water partition coefficient (Wildman–Crippen LogP) is 3.79. The summed E-state index contributed by atoms with van der Waals surface area (Å²) in [4.78, 5) is 4.10. The number of halogens is 2. The van der Waals surface area contributed by atoms with Crippen LogP contribution in [-0.4, -0.2) is 10.4 Å². The molecule has 0 saturated heterocycles. The number of nitrogens with zero attached hydrogens (tertiary/aromatic N) is 1. The first-order chi connectivity index (χ1) is 6.22. The maximum absolute atomic E-state index is 6.02. The number of hydrogen-bond donors (Lipinski definition) is 0. The van der Waals surface area contributed by atoms with Crippen LogP contribution in [0.25, 0.3) is 0 Å². The van der Waals surface area contributed by atoms with Crippen molar-refractivity contribution in [1.82, 2.24) is 4.98 Å². The van der Waals surface area contributed by atoms with Crippen molar-refractivity contribution in [3.63, 3.8) is 0 Å². The van der Waals surface area contributed by atoms with Crippen LogP contribution in [0, 0.1) is 0 Å². The van der Waals surface area contributed by atoms with Gasteiger partial charge in [-0.15, -0.1) is 11.6 Å². The van der Waals surface area contributed by atoms with E-state index in [1.54, 1.807) is 6.20 Å². The van der Waals surface area contributed by atoms with Crippen molar-refractivity contribution in [2.45, 2.75) is 31.6 Å². The highest BCUT2D eigenvalue weighted by molar-refractivity contribution is 9.10. The second-order valence-electron chi connectivity index (χ2n) is 3.06. The Kier molecular flexibility index (Phi) is 4.74. The zero-order valence-electron chi connectivity index (χ0n) is 7.63. The largest absolute Gasteiger partial charge is 0.263 e. The Bertz CT molecular complexity index is 265. The Morgan fingerprint density at radius 2 is 2.31 bits per heavy atom. The minimum Gasteiger partial charge on any atom is -0.263 e. The summed E-state index contributed by atoms with van der Waals surface area (Å²) >= 11 is 9.41. The second kappa shape index (κ2) is 5.61. The van der Waals surface area contributed by atoms with Crippen LogP contribution < -0.4 is 0 Å². The van der Waals surface area contributed by atoms with E-state index in [4.69, 9.17) is 11.6 Å². The van der Waals surface area contributed by atoms with Gasteiger partial charge in [-0.05, 0) is 46.8 Å². The van der Waals surface area contributed by atoms with Crippen LogP contribution in [0.5, 0.6) is 0 Å². The summed E-state index contributed by atoms with van der Waals surface area (Å²) in [5.41, 5.74) is 1.24. The van der Waals surface area contributed by atoms with Gasteiger partial charge < -0.3 is 0 Å². The van der Waals surface area contributed by atoms with Gasteiger partial charge in [0, 0.05) is 22.2 Å². The van der Waals surface area contributed by atoms with Crippen molar-refractivity contribution in [2.24, 2.45) is 0 Å². The highest BCUT2D eigenvalue weighted by Crippen LogP contribution is 2.14. The summed E-state index contributed by atoms with van der Waals surface area (Å²) in [5.74, 6) is 0. The summed E-state index contributed by atoms with van der Waals surface area (Å²) in [6.45, 7) is 2.11. The maximum Gasteiger partial charge on any atom is 0.0410 e. The first kappa shape index (κ1) is 11.0. The molecule has 1 nitrogen and oxygen atoms in total. The Labute approximate surface area is 92.6 Å².